The predicted octanol–water partition coefficient (Wildman–Crippen LogP) is 3.67. The first-order valence-electron chi connectivity index (χ1n) is 4.32. The first-order valence-corrected chi connectivity index (χ1v) is 5.68. The zero-order valence-electron chi connectivity index (χ0n) is 8.25. The summed E-state index contributed by atoms with van der Waals surface area (Å²) >= 11 is 7.55. The molecule has 3 heteroatoms. The Morgan fingerprint density at radius 2 is 1.93 bits per heavy atom. The van der Waals surface area contributed by atoms with Crippen LogP contribution in [0.5, 0.6) is 0 Å². The minimum Gasteiger partial charge on any atom is -0.192 e. The molecule has 14 heavy (non-hydrogen) atoms. The van der Waals surface area contributed by atoms with Gasteiger partial charge in [-0.1, -0.05) is 0 Å². The lowest BCUT2D eigenvalue weighted by molar-refractivity contribution is 0.811. The van der Waals surface area contributed by atoms with Crippen molar-refractivity contribution in [3.63, 3.8) is 0 Å². The highest BCUT2D eigenvalue weighted by Gasteiger charge is 2.17. The highest BCUT2D eigenvalue weighted by Crippen LogP contribution is 2.33. The first kappa shape index (κ1) is 11.4. The van der Waals surface area contributed by atoms with Crippen LogP contribution < -0.4 is 0 Å². The van der Waals surface area contributed by atoms with Gasteiger partial charge in [-0.3, -0.25) is 0 Å². The van der Waals surface area contributed by atoms with Gasteiger partial charge in [0.05, 0.1) is 11.6 Å². The number of nitriles is 1. The topological polar surface area (TPSA) is 23.8 Å². The fourth-order valence-corrected chi connectivity index (χ4v) is 2.07. The zero-order chi connectivity index (χ0) is 10.6. The Balaban J connectivity index is 2.75. The van der Waals surface area contributed by atoms with Crippen LogP contribution >= 0.6 is 23.4 Å². The van der Waals surface area contributed by atoms with Crippen molar-refractivity contribution in [3.8, 4) is 6.07 Å². The maximum absolute atomic E-state index is 8.63. The summed E-state index contributed by atoms with van der Waals surface area (Å²) in [6.07, 6.45) is 0. The van der Waals surface area contributed by atoms with E-state index in [1.54, 1.807) is 11.8 Å². The minimum absolute atomic E-state index is 0.0374. The Bertz CT molecular complexity index is 337. The third kappa shape index (κ3) is 3.25. The molecule has 0 radical (unpaired) electrons. The molecule has 1 aromatic carbocycles. The Labute approximate surface area is 94.1 Å². The van der Waals surface area contributed by atoms with Crippen LogP contribution in [0.4, 0.5) is 0 Å². The molecule has 0 atom stereocenters. The van der Waals surface area contributed by atoms with Crippen molar-refractivity contribution in [2.45, 2.75) is 23.5 Å². The second-order valence-corrected chi connectivity index (χ2v) is 5.68. The Morgan fingerprint density at radius 1 is 1.36 bits per heavy atom. The molecule has 74 valence electrons. The number of hydrogen-bond acceptors (Lipinski definition) is 2. The van der Waals surface area contributed by atoms with Crippen molar-refractivity contribution < 1.29 is 0 Å². The normalized spacial score (nSPS) is 11.0. The number of halogens is 1. The van der Waals surface area contributed by atoms with Crippen molar-refractivity contribution in [1.82, 2.24) is 0 Å². The van der Waals surface area contributed by atoms with Crippen molar-refractivity contribution in [2.75, 3.05) is 5.88 Å². The summed E-state index contributed by atoms with van der Waals surface area (Å²) in [7, 11) is 0. The Kier molecular flexibility index (Phi) is 3.86. The van der Waals surface area contributed by atoms with Crippen LogP contribution in [0.15, 0.2) is 29.2 Å². The third-order valence-electron chi connectivity index (χ3n) is 1.70. The molecule has 0 unspecified atom stereocenters. The number of alkyl halides is 1. The van der Waals surface area contributed by atoms with Gasteiger partial charge in [0, 0.05) is 15.5 Å². The summed E-state index contributed by atoms with van der Waals surface area (Å²) in [5.41, 5.74) is 0.693. The molecule has 0 saturated carbocycles. The molecular weight excluding hydrogens is 214 g/mol. The smallest absolute Gasteiger partial charge is 0.0991 e. The molecule has 0 aliphatic rings. The van der Waals surface area contributed by atoms with Crippen LogP contribution in [0.3, 0.4) is 0 Å². The second-order valence-electron chi connectivity index (χ2n) is 3.63. The molecule has 0 aliphatic heterocycles. The summed E-state index contributed by atoms with van der Waals surface area (Å²) < 4.78 is 0.0374. The average molecular weight is 226 g/mol. The molecule has 1 aromatic rings. The van der Waals surface area contributed by atoms with E-state index in [0.717, 1.165) is 4.90 Å². The molecular formula is C11H12ClNS. The summed E-state index contributed by atoms with van der Waals surface area (Å²) in [5, 5.41) is 8.63. The number of hydrogen-bond donors (Lipinski definition) is 0. The molecule has 0 aliphatic carbocycles. The van der Waals surface area contributed by atoms with E-state index in [-0.39, 0.29) is 4.75 Å². The van der Waals surface area contributed by atoms with Crippen molar-refractivity contribution in [1.29, 1.82) is 5.26 Å². The maximum atomic E-state index is 8.63. The van der Waals surface area contributed by atoms with Crippen molar-refractivity contribution >= 4 is 23.4 Å². The molecule has 0 bridgehead atoms. The maximum Gasteiger partial charge on any atom is 0.0991 e. The molecule has 1 nitrogen and oxygen atoms in total. The highest BCUT2D eigenvalue weighted by molar-refractivity contribution is 8.00. The standard InChI is InChI=1S/C11H12ClNS/c1-11(2,8-12)14-10-5-3-9(7-13)4-6-10/h3-6H,8H2,1-2H3. The summed E-state index contributed by atoms with van der Waals surface area (Å²) in [5.74, 6) is 0.609. The van der Waals surface area contributed by atoms with Gasteiger partial charge in [-0.05, 0) is 38.1 Å². The number of nitrogens with zero attached hydrogens (tertiary/aromatic N) is 1. The Hall–Kier alpha value is -0.650. The van der Waals surface area contributed by atoms with Crippen LogP contribution in [0.25, 0.3) is 0 Å². The van der Waals surface area contributed by atoms with Crippen LogP contribution in [0.1, 0.15) is 19.4 Å². The largest absolute Gasteiger partial charge is 0.192 e. The van der Waals surface area contributed by atoms with Gasteiger partial charge in [0.2, 0.25) is 0 Å². The van der Waals surface area contributed by atoms with E-state index in [2.05, 4.69) is 19.9 Å². The fourth-order valence-electron chi connectivity index (χ4n) is 0.944. The van der Waals surface area contributed by atoms with E-state index < -0.39 is 0 Å². The van der Waals surface area contributed by atoms with Gasteiger partial charge in [0.25, 0.3) is 0 Å². The SMILES string of the molecule is CC(C)(CCl)Sc1ccc(C#N)cc1. The van der Waals surface area contributed by atoms with E-state index >= 15 is 0 Å². The molecule has 0 heterocycles. The van der Waals surface area contributed by atoms with Gasteiger partial charge in [-0.25, -0.2) is 0 Å². The van der Waals surface area contributed by atoms with Gasteiger partial charge in [-0.2, -0.15) is 5.26 Å². The predicted molar refractivity (Wildman–Crippen MR) is 61.8 cm³/mol. The van der Waals surface area contributed by atoms with E-state index in [1.165, 1.54) is 0 Å². The second kappa shape index (κ2) is 4.72. The van der Waals surface area contributed by atoms with Crippen LogP contribution in [0.2, 0.25) is 0 Å². The Morgan fingerprint density at radius 3 is 2.36 bits per heavy atom. The lowest BCUT2D eigenvalue weighted by Crippen LogP contribution is -2.15. The number of thioether (sulfide) groups is 1. The van der Waals surface area contributed by atoms with Gasteiger partial charge < -0.3 is 0 Å². The zero-order valence-corrected chi connectivity index (χ0v) is 9.82. The molecule has 0 spiro atoms. The molecule has 0 N–H and O–H groups in total. The van der Waals surface area contributed by atoms with Crippen molar-refractivity contribution in [3.05, 3.63) is 29.8 Å². The van der Waals surface area contributed by atoms with Crippen LogP contribution in [-0.2, 0) is 0 Å². The van der Waals surface area contributed by atoms with Gasteiger partial charge in [0.1, 0.15) is 0 Å². The van der Waals surface area contributed by atoms with E-state index in [4.69, 9.17) is 16.9 Å². The molecule has 0 saturated heterocycles. The quantitative estimate of drug-likeness (QED) is 0.579. The number of rotatable bonds is 3. The third-order valence-corrected chi connectivity index (χ3v) is 3.73. The summed E-state index contributed by atoms with van der Waals surface area (Å²) in [6, 6.07) is 9.66. The van der Waals surface area contributed by atoms with Crippen LogP contribution in [-0.4, -0.2) is 10.6 Å². The lowest BCUT2D eigenvalue weighted by Gasteiger charge is -2.20. The lowest BCUT2D eigenvalue weighted by atomic mass is 10.2. The summed E-state index contributed by atoms with van der Waals surface area (Å²) in [4.78, 5) is 1.15. The van der Waals surface area contributed by atoms with Crippen molar-refractivity contribution in [2.24, 2.45) is 0 Å². The average Bonchev–Trinajstić information content (AvgIpc) is 2.19. The molecule has 0 amide bonds. The summed E-state index contributed by atoms with van der Waals surface area (Å²) in [6.45, 7) is 4.20. The van der Waals surface area contributed by atoms with Gasteiger partial charge >= 0.3 is 0 Å². The van der Waals surface area contributed by atoms with E-state index in [0.29, 0.717) is 11.4 Å². The minimum atomic E-state index is 0.0374. The van der Waals surface area contributed by atoms with E-state index in [9.17, 15) is 0 Å². The molecule has 0 aromatic heterocycles. The molecule has 0 fully saturated rings. The van der Waals surface area contributed by atoms with Gasteiger partial charge in [0.15, 0.2) is 0 Å². The highest BCUT2D eigenvalue weighted by atomic mass is 35.5. The molecule has 1 rings (SSSR count). The fraction of sp³-hybridized carbons (Fsp3) is 0.364. The number of benzene rings is 1. The van der Waals surface area contributed by atoms with Gasteiger partial charge in [-0.15, -0.1) is 23.4 Å². The van der Waals surface area contributed by atoms with E-state index in [1.807, 2.05) is 24.3 Å². The first-order chi connectivity index (χ1) is 6.57. The monoisotopic (exact) mass is 225 g/mol. The van der Waals surface area contributed by atoms with Crippen LogP contribution in [0, 0.1) is 11.3 Å².